The molecule has 1 amide bonds. The molecule has 1 N–H and O–H groups in total. The normalized spacial score (nSPS) is 13.3. The second kappa shape index (κ2) is 7.39. The summed E-state index contributed by atoms with van der Waals surface area (Å²) in [5.74, 6) is 0.274. The number of benzene rings is 1. The summed E-state index contributed by atoms with van der Waals surface area (Å²) in [6, 6.07) is 8.91. The summed E-state index contributed by atoms with van der Waals surface area (Å²) in [7, 11) is 0. The van der Waals surface area contributed by atoms with Crippen LogP contribution in [0.3, 0.4) is 0 Å². The van der Waals surface area contributed by atoms with Crippen molar-refractivity contribution in [1.29, 1.82) is 0 Å². The highest BCUT2D eigenvalue weighted by molar-refractivity contribution is 7.99. The minimum absolute atomic E-state index is 0.0458. The average molecular weight is 358 g/mol. The molecular weight excluding hydrogens is 344 g/mol. The Labute approximate surface area is 147 Å². The van der Waals surface area contributed by atoms with E-state index in [4.69, 9.17) is 0 Å². The number of rotatable bonds is 7. The molecule has 1 aliphatic rings. The van der Waals surface area contributed by atoms with Crippen molar-refractivity contribution in [1.82, 2.24) is 10.2 Å². The quantitative estimate of drug-likeness (QED) is 0.350. The zero-order valence-electron chi connectivity index (χ0n) is 13.0. The fraction of sp³-hybridized carbons (Fsp3) is 0.250. The van der Waals surface area contributed by atoms with Crippen LogP contribution < -0.4 is 5.32 Å². The second-order valence-corrected chi connectivity index (χ2v) is 6.54. The molecule has 0 spiro atoms. The molecule has 128 valence electrons. The Morgan fingerprint density at radius 2 is 2.04 bits per heavy atom. The number of ketones is 1. The molecule has 0 atom stereocenters. The number of nitro benzene ring substituents is 1. The molecule has 1 heterocycles. The van der Waals surface area contributed by atoms with Gasteiger partial charge in [0.2, 0.25) is 5.91 Å². The number of hydrogen-bond donors (Lipinski definition) is 1. The molecule has 3 rings (SSSR count). The summed E-state index contributed by atoms with van der Waals surface area (Å²) >= 11 is 1.18. The van der Waals surface area contributed by atoms with Crippen LogP contribution in [0.5, 0.6) is 0 Å². The maximum Gasteiger partial charge on any atom is 0.270 e. The SMILES string of the molecule is O=C(CSc1ccc(NC(=O)C2CC2)nn1)c1cccc([N+](=O)[O-])c1. The van der Waals surface area contributed by atoms with E-state index in [9.17, 15) is 19.7 Å². The van der Waals surface area contributed by atoms with E-state index in [1.54, 1.807) is 12.1 Å². The highest BCUT2D eigenvalue weighted by Gasteiger charge is 2.29. The van der Waals surface area contributed by atoms with Crippen LogP contribution in [0.25, 0.3) is 0 Å². The maximum absolute atomic E-state index is 12.1. The van der Waals surface area contributed by atoms with Gasteiger partial charge in [-0.25, -0.2) is 0 Å². The third-order valence-electron chi connectivity index (χ3n) is 3.57. The molecule has 9 heteroatoms. The Hall–Kier alpha value is -2.81. The molecule has 0 aliphatic heterocycles. The Bertz CT molecular complexity index is 821. The third kappa shape index (κ3) is 4.60. The number of non-ortho nitro benzene ring substituents is 1. The first-order valence-corrected chi connectivity index (χ1v) is 8.56. The second-order valence-electron chi connectivity index (χ2n) is 5.54. The van der Waals surface area contributed by atoms with Gasteiger partial charge in [0, 0.05) is 23.6 Å². The van der Waals surface area contributed by atoms with Crippen molar-refractivity contribution < 1.29 is 14.5 Å². The van der Waals surface area contributed by atoms with Gasteiger partial charge in [0.1, 0.15) is 5.03 Å². The van der Waals surface area contributed by atoms with Crippen molar-refractivity contribution in [3.8, 4) is 0 Å². The van der Waals surface area contributed by atoms with E-state index >= 15 is 0 Å². The standard InChI is InChI=1S/C16H14N4O4S/c21-13(11-2-1-3-12(8-11)20(23)24)9-25-15-7-6-14(18-19-15)17-16(22)10-4-5-10/h1-3,6-8,10H,4-5,9H2,(H,17,18,22). The molecule has 0 radical (unpaired) electrons. The highest BCUT2D eigenvalue weighted by atomic mass is 32.2. The van der Waals surface area contributed by atoms with Crippen molar-refractivity contribution in [3.05, 3.63) is 52.1 Å². The number of Topliss-reactive ketones (excluding diaryl/α,β-unsaturated/α-hetero) is 1. The number of nitrogens with one attached hydrogen (secondary N) is 1. The summed E-state index contributed by atoms with van der Waals surface area (Å²) in [6.07, 6.45) is 1.82. The number of nitrogens with zero attached hydrogens (tertiary/aromatic N) is 3. The summed E-state index contributed by atoms with van der Waals surface area (Å²) < 4.78 is 0. The van der Waals surface area contributed by atoms with E-state index in [-0.39, 0.29) is 34.6 Å². The van der Waals surface area contributed by atoms with Crippen LogP contribution in [0.2, 0.25) is 0 Å². The third-order valence-corrected chi connectivity index (χ3v) is 4.49. The lowest BCUT2D eigenvalue weighted by Crippen LogP contribution is -2.14. The largest absolute Gasteiger partial charge is 0.309 e. The van der Waals surface area contributed by atoms with E-state index in [1.165, 1.54) is 36.0 Å². The topological polar surface area (TPSA) is 115 Å². The minimum Gasteiger partial charge on any atom is -0.309 e. The van der Waals surface area contributed by atoms with Gasteiger partial charge >= 0.3 is 0 Å². The van der Waals surface area contributed by atoms with Gasteiger partial charge in [0.05, 0.1) is 10.7 Å². The van der Waals surface area contributed by atoms with E-state index < -0.39 is 4.92 Å². The molecule has 25 heavy (non-hydrogen) atoms. The zero-order valence-corrected chi connectivity index (χ0v) is 13.9. The number of aromatic nitrogens is 2. The molecule has 2 aromatic rings. The van der Waals surface area contributed by atoms with Gasteiger partial charge in [-0.3, -0.25) is 19.7 Å². The lowest BCUT2D eigenvalue weighted by molar-refractivity contribution is -0.384. The Kier molecular flexibility index (Phi) is 5.03. The molecule has 0 saturated heterocycles. The number of carbonyl (C=O) groups excluding carboxylic acids is 2. The van der Waals surface area contributed by atoms with Gasteiger partial charge < -0.3 is 5.32 Å². The smallest absolute Gasteiger partial charge is 0.270 e. The highest BCUT2D eigenvalue weighted by Crippen LogP contribution is 2.30. The van der Waals surface area contributed by atoms with Crippen LogP contribution in [0.15, 0.2) is 41.4 Å². The van der Waals surface area contributed by atoms with Gasteiger partial charge in [-0.05, 0) is 25.0 Å². The van der Waals surface area contributed by atoms with Crippen LogP contribution in [-0.4, -0.2) is 32.6 Å². The van der Waals surface area contributed by atoms with Gasteiger partial charge in [0.15, 0.2) is 11.6 Å². The van der Waals surface area contributed by atoms with Crippen LogP contribution >= 0.6 is 11.8 Å². The number of hydrogen-bond acceptors (Lipinski definition) is 7. The van der Waals surface area contributed by atoms with E-state index in [1.807, 2.05) is 0 Å². The number of thioether (sulfide) groups is 1. The predicted octanol–water partition coefficient (Wildman–Crippen LogP) is 2.71. The molecule has 1 aliphatic carbocycles. The van der Waals surface area contributed by atoms with Gasteiger partial charge in [-0.15, -0.1) is 10.2 Å². The molecule has 1 aromatic heterocycles. The van der Waals surface area contributed by atoms with Crippen molar-refractivity contribution >= 4 is 35.0 Å². The van der Waals surface area contributed by atoms with Gasteiger partial charge in [-0.1, -0.05) is 23.9 Å². The first kappa shape index (κ1) is 17.0. The first-order chi connectivity index (χ1) is 12.0. The van der Waals surface area contributed by atoms with Gasteiger partial charge in [0.25, 0.3) is 5.69 Å². The Morgan fingerprint density at radius 1 is 1.24 bits per heavy atom. The predicted molar refractivity (Wildman–Crippen MR) is 91.5 cm³/mol. The van der Waals surface area contributed by atoms with E-state index in [0.29, 0.717) is 10.8 Å². The fourth-order valence-electron chi connectivity index (χ4n) is 2.05. The number of carbonyl (C=O) groups is 2. The fourth-order valence-corrected chi connectivity index (χ4v) is 2.76. The van der Waals surface area contributed by atoms with Crippen LogP contribution in [0.4, 0.5) is 11.5 Å². The van der Waals surface area contributed by atoms with Crippen molar-refractivity contribution in [2.45, 2.75) is 17.9 Å². The monoisotopic (exact) mass is 358 g/mol. The molecule has 1 aromatic carbocycles. The summed E-state index contributed by atoms with van der Waals surface area (Å²) in [6.45, 7) is 0. The average Bonchev–Trinajstić information content (AvgIpc) is 3.46. The van der Waals surface area contributed by atoms with Crippen LogP contribution in [-0.2, 0) is 4.79 Å². The molecule has 0 unspecified atom stereocenters. The van der Waals surface area contributed by atoms with E-state index in [0.717, 1.165) is 12.8 Å². The molecular formula is C16H14N4O4S. The molecule has 8 nitrogen and oxygen atoms in total. The van der Waals surface area contributed by atoms with Crippen molar-refractivity contribution in [2.24, 2.45) is 5.92 Å². The maximum atomic E-state index is 12.1. The summed E-state index contributed by atoms with van der Waals surface area (Å²) in [5, 5.41) is 21.8. The van der Waals surface area contributed by atoms with Crippen LogP contribution in [0.1, 0.15) is 23.2 Å². The lowest BCUT2D eigenvalue weighted by atomic mass is 10.1. The molecule has 1 saturated carbocycles. The Morgan fingerprint density at radius 3 is 2.68 bits per heavy atom. The number of anilines is 1. The zero-order chi connectivity index (χ0) is 17.8. The molecule has 1 fully saturated rings. The van der Waals surface area contributed by atoms with Crippen LogP contribution in [0, 0.1) is 16.0 Å². The molecule has 0 bridgehead atoms. The minimum atomic E-state index is -0.538. The summed E-state index contributed by atoms with van der Waals surface area (Å²) in [4.78, 5) is 34.0. The number of nitro groups is 1. The van der Waals surface area contributed by atoms with Crippen molar-refractivity contribution in [2.75, 3.05) is 11.1 Å². The van der Waals surface area contributed by atoms with Gasteiger partial charge in [-0.2, -0.15) is 0 Å². The summed E-state index contributed by atoms with van der Waals surface area (Å²) in [5.41, 5.74) is 0.161. The lowest BCUT2D eigenvalue weighted by Gasteiger charge is -2.04. The number of amides is 1. The van der Waals surface area contributed by atoms with Crippen molar-refractivity contribution in [3.63, 3.8) is 0 Å². The van der Waals surface area contributed by atoms with E-state index in [2.05, 4.69) is 15.5 Å². The Balaban J connectivity index is 1.55. The first-order valence-electron chi connectivity index (χ1n) is 7.58.